The number of benzene rings is 1. The predicted molar refractivity (Wildman–Crippen MR) is 65.4 cm³/mol. The van der Waals surface area contributed by atoms with Crippen molar-refractivity contribution in [2.75, 3.05) is 5.73 Å². The molecule has 2 aromatic rings. The van der Waals surface area contributed by atoms with Gasteiger partial charge in [0.1, 0.15) is 5.69 Å². The van der Waals surface area contributed by atoms with Crippen molar-refractivity contribution in [3.8, 4) is 11.3 Å². The zero-order valence-corrected chi connectivity index (χ0v) is 10.3. The van der Waals surface area contributed by atoms with Crippen LogP contribution in [0.5, 0.6) is 0 Å². The van der Waals surface area contributed by atoms with Crippen LogP contribution in [0.25, 0.3) is 11.3 Å². The monoisotopic (exact) mass is 254 g/mol. The maximum absolute atomic E-state index is 13.9. The number of rotatable bonds is 2. The Balaban J connectivity index is 2.60. The van der Waals surface area contributed by atoms with E-state index >= 15 is 0 Å². The number of nitrogens with zero attached hydrogens (tertiary/aromatic N) is 1. The van der Waals surface area contributed by atoms with E-state index in [0.717, 1.165) is 5.56 Å². The molecule has 2 rings (SSSR count). The van der Waals surface area contributed by atoms with E-state index in [9.17, 15) is 4.39 Å². The van der Waals surface area contributed by atoms with Gasteiger partial charge in [0.2, 0.25) is 5.88 Å². The molecule has 1 aromatic heterocycles. The van der Waals surface area contributed by atoms with E-state index in [-0.39, 0.29) is 16.8 Å². The Morgan fingerprint density at radius 1 is 1.35 bits per heavy atom. The Morgan fingerprint density at radius 3 is 2.59 bits per heavy atom. The summed E-state index contributed by atoms with van der Waals surface area (Å²) in [7, 11) is 0. The lowest BCUT2D eigenvalue weighted by atomic mass is 9.99. The molecular weight excluding hydrogens is 243 g/mol. The summed E-state index contributed by atoms with van der Waals surface area (Å²) in [6.45, 7) is 4.01. The molecule has 0 atom stereocenters. The van der Waals surface area contributed by atoms with E-state index in [1.807, 2.05) is 13.8 Å². The number of hydrogen-bond donors (Lipinski definition) is 1. The summed E-state index contributed by atoms with van der Waals surface area (Å²) >= 11 is 5.86. The van der Waals surface area contributed by atoms with Gasteiger partial charge in [0.05, 0.1) is 5.02 Å². The van der Waals surface area contributed by atoms with Crippen molar-refractivity contribution in [3.05, 3.63) is 34.6 Å². The van der Waals surface area contributed by atoms with Crippen LogP contribution in [0.3, 0.4) is 0 Å². The van der Waals surface area contributed by atoms with Crippen LogP contribution < -0.4 is 5.73 Å². The van der Waals surface area contributed by atoms with E-state index in [4.69, 9.17) is 21.9 Å². The largest absolute Gasteiger partial charge is 0.368 e. The second-order valence-corrected chi connectivity index (χ2v) is 4.54. The zero-order valence-electron chi connectivity index (χ0n) is 9.50. The first kappa shape index (κ1) is 11.9. The highest BCUT2D eigenvalue weighted by Gasteiger charge is 2.15. The van der Waals surface area contributed by atoms with E-state index < -0.39 is 5.82 Å². The molecule has 0 radical (unpaired) electrons. The van der Waals surface area contributed by atoms with Crippen LogP contribution in [0.15, 0.2) is 22.7 Å². The van der Waals surface area contributed by atoms with Gasteiger partial charge in [-0.15, -0.1) is 0 Å². The van der Waals surface area contributed by atoms with E-state index in [0.29, 0.717) is 11.3 Å². The highest BCUT2D eigenvalue weighted by Crippen LogP contribution is 2.31. The van der Waals surface area contributed by atoms with Crippen molar-refractivity contribution in [2.45, 2.75) is 19.8 Å². The summed E-state index contributed by atoms with van der Waals surface area (Å²) < 4.78 is 18.6. The molecule has 0 saturated carbocycles. The van der Waals surface area contributed by atoms with E-state index in [1.54, 1.807) is 12.1 Å². The lowest BCUT2D eigenvalue weighted by Crippen LogP contribution is -1.93. The second-order valence-electron chi connectivity index (χ2n) is 4.13. The van der Waals surface area contributed by atoms with Crippen molar-refractivity contribution < 1.29 is 8.91 Å². The SMILES string of the molecule is CC(C)c1cc(Cl)c(F)c(-c2cc(N)on2)c1. The number of aromatic nitrogens is 1. The molecule has 3 nitrogen and oxygen atoms in total. The lowest BCUT2D eigenvalue weighted by Gasteiger charge is -2.09. The molecule has 0 spiro atoms. The van der Waals surface area contributed by atoms with Crippen molar-refractivity contribution in [1.29, 1.82) is 0 Å². The van der Waals surface area contributed by atoms with Crippen LogP contribution in [0.4, 0.5) is 10.3 Å². The Kier molecular flexibility index (Phi) is 3.07. The van der Waals surface area contributed by atoms with Crippen LogP contribution in [-0.4, -0.2) is 5.16 Å². The first-order chi connectivity index (χ1) is 7.99. The minimum atomic E-state index is -0.510. The number of nitrogens with two attached hydrogens (primary N) is 1. The third kappa shape index (κ3) is 2.26. The first-order valence-corrected chi connectivity index (χ1v) is 5.58. The van der Waals surface area contributed by atoms with Gasteiger partial charge in [-0.2, -0.15) is 0 Å². The highest BCUT2D eigenvalue weighted by atomic mass is 35.5. The average molecular weight is 255 g/mol. The van der Waals surface area contributed by atoms with Crippen molar-refractivity contribution in [1.82, 2.24) is 5.16 Å². The van der Waals surface area contributed by atoms with Crippen LogP contribution in [0.1, 0.15) is 25.3 Å². The first-order valence-electron chi connectivity index (χ1n) is 5.20. The third-order valence-corrected chi connectivity index (χ3v) is 2.80. The molecule has 2 N–H and O–H groups in total. The van der Waals surface area contributed by atoms with E-state index in [2.05, 4.69) is 5.16 Å². The summed E-state index contributed by atoms with van der Waals surface area (Å²) in [5, 5.41) is 3.77. The molecule has 1 aromatic carbocycles. The molecule has 90 valence electrons. The quantitative estimate of drug-likeness (QED) is 0.886. The van der Waals surface area contributed by atoms with Crippen molar-refractivity contribution >= 4 is 17.5 Å². The zero-order chi connectivity index (χ0) is 12.6. The number of halogens is 2. The molecule has 5 heteroatoms. The van der Waals surface area contributed by atoms with Gasteiger partial charge in [0, 0.05) is 11.6 Å². The molecule has 0 bridgehead atoms. The minimum Gasteiger partial charge on any atom is -0.368 e. The maximum Gasteiger partial charge on any atom is 0.222 e. The molecule has 0 saturated heterocycles. The smallest absolute Gasteiger partial charge is 0.222 e. The van der Waals surface area contributed by atoms with Crippen LogP contribution >= 0.6 is 11.6 Å². The Morgan fingerprint density at radius 2 is 2.06 bits per heavy atom. The normalized spacial score (nSPS) is 11.1. The van der Waals surface area contributed by atoms with Gasteiger partial charge in [-0.1, -0.05) is 30.6 Å². The molecule has 0 aliphatic carbocycles. The van der Waals surface area contributed by atoms with Gasteiger partial charge >= 0.3 is 0 Å². The van der Waals surface area contributed by atoms with Crippen molar-refractivity contribution in [3.63, 3.8) is 0 Å². The topological polar surface area (TPSA) is 52.0 Å². The van der Waals surface area contributed by atoms with Gasteiger partial charge in [0.15, 0.2) is 5.82 Å². The van der Waals surface area contributed by atoms with Gasteiger partial charge < -0.3 is 10.3 Å². The minimum absolute atomic E-state index is 0.0766. The molecule has 17 heavy (non-hydrogen) atoms. The molecule has 0 aliphatic rings. The Labute approximate surface area is 103 Å². The molecule has 0 fully saturated rings. The molecular formula is C12H12ClFN2O. The maximum atomic E-state index is 13.9. The van der Waals surface area contributed by atoms with Gasteiger partial charge in [-0.3, -0.25) is 0 Å². The second kappa shape index (κ2) is 4.37. The Bertz CT molecular complexity index is 551. The fourth-order valence-corrected chi connectivity index (χ4v) is 1.77. The lowest BCUT2D eigenvalue weighted by molar-refractivity contribution is 0.438. The molecule has 0 amide bonds. The highest BCUT2D eigenvalue weighted by molar-refractivity contribution is 6.31. The molecule has 1 heterocycles. The number of anilines is 1. The Hall–Kier alpha value is -1.55. The summed E-state index contributed by atoms with van der Waals surface area (Å²) in [5.74, 6) is -0.120. The third-order valence-electron chi connectivity index (χ3n) is 2.52. The summed E-state index contributed by atoms with van der Waals surface area (Å²) in [6.07, 6.45) is 0. The fraction of sp³-hybridized carbons (Fsp3) is 0.250. The molecule has 0 aliphatic heterocycles. The standard InChI is InChI=1S/C12H12ClFN2O/c1-6(2)7-3-8(12(14)9(13)4-7)10-5-11(15)17-16-10/h3-6H,15H2,1-2H3. The van der Waals surface area contributed by atoms with Crippen LogP contribution in [0, 0.1) is 5.82 Å². The van der Waals surface area contributed by atoms with E-state index in [1.165, 1.54) is 6.07 Å². The molecule has 0 unspecified atom stereocenters. The number of nitrogen functional groups attached to an aromatic ring is 1. The van der Waals surface area contributed by atoms with Crippen LogP contribution in [-0.2, 0) is 0 Å². The van der Waals surface area contributed by atoms with Gasteiger partial charge in [-0.05, 0) is 23.6 Å². The fourth-order valence-electron chi connectivity index (χ4n) is 1.55. The van der Waals surface area contributed by atoms with Crippen LogP contribution in [0.2, 0.25) is 5.02 Å². The van der Waals surface area contributed by atoms with Crippen molar-refractivity contribution in [2.24, 2.45) is 0 Å². The summed E-state index contributed by atoms with van der Waals surface area (Å²) in [4.78, 5) is 0. The predicted octanol–water partition coefficient (Wildman–Crippen LogP) is 3.84. The number of hydrogen-bond acceptors (Lipinski definition) is 3. The van der Waals surface area contributed by atoms with Gasteiger partial charge in [0.25, 0.3) is 0 Å². The summed E-state index contributed by atoms with van der Waals surface area (Å²) in [5.41, 5.74) is 7.01. The summed E-state index contributed by atoms with van der Waals surface area (Å²) in [6, 6.07) is 4.80. The van der Waals surface area contributed by atoms with Gasteiger partial charge in [-0.25, -0.2) is 4.39 Å². The average Bonchev–Trinajstić information content (AvgIpc) is 2.68.